The Balaban J connectivity index is 1.59. The summed E-state index contributed by atoms with van der Waals surface area (Å²) in [5, 5.41) is 7.67. The highest BCUT2D eigenvalue weighted by atomic mass is 35.5. The quantitative estimate of drug-likeness (QED) is 0.425. The number of hydrogen-bond acceptors (Lipinski definition) is 5. The van der Waals surface area contributed by atoms with Gasteiger partial charge >= 0.3 is 6.18 Å². The van der Waals surface area contributed by atoms with E-state index in [1.54, 1.807) is 37.3 Å². The fourth-order valence-electron chi connectivity index (χ4n) is 3.72. The minimum Gasteiger partial charge on any atom is -0.384 e. The molecular formula is C23H20ClF3N6O. The Morgan fingerprint density at radius 2 is 1.94 bits per heavy atom. The van der Waals surface area contributed by atoms with Crippen molar-refractivity contribution in [3.63, 3.8) is 0 Å². The molecule has 3 N–H and O–H groups in total. The first-order chi connectivity index (χ1) is 16.0. The predicted octanol–water partition coefficient (Wildman–Crippen LogP) is 4.68. The molecule has 3 heterocycles. The number of nitrogen functional groups attached to an aromatic ring is 1. The van der Waals surface area contributed by atoms with Gasteiger partial charge in [-0.2, -0.15) is 18.3 Å². The molecule has 0 bridgehead atoms. The monoisotopic (exact) mass is 488 g/mol. The third-order valence-electron chi connectivity index (χ3n) is 5.35. The highest BCUT2D eigenvalue weighted by Gasteiger charge is 2.36. The van der Waals surface area contributed by atoms with Gasteiger partial charge in [0, 0.05) is 29.9 Å². The number of aryl methyl sites for hydroxylation is 2. The first kappa shape index (κ1) is 23.5. The van der Waals surface area contributed by atoms with Crippen LogP contribution < -0.4 is 11.1 Å². The number of carbonyl (C=O) groups is 1. The predicted molar refractivity (Wildman–Crippen MR) is 122 cm³/mol. The number of alkyl halides is 3. The van der Waals surface area contributed by atoms with E-state index in [2.05, 4.69) is 20.4 Å². The number of carbonyl (C=O) groups excluding carboxylic acids is 1. The standard InChI is InChI=1S/C23H20ClF3N6O/c1-12-5-21(28)31-13(2)17(12)10-30-22(34)19-8-20(23(25,26)27)33(32-19)11-14-3-4-18-15(6-14)7-16(24)9-29-18/h3-9H,10-11H2,1-2H3,(H2,28,31)(H,30,34). The molecule has 4 aromatic rings. The zero-order valence-electron chi connectivity index (χ0n) is 18.2. The van der Waals surface area contributed by atoms with Gasteiger partial charge in [-0.3, -0.25) is 14.5 Å². The van der Waals surface area contributed by atoms with Crippen LogP contribution in [0.5, 0.6) is 0 Å². The maximum Gasteiger partial charge on any atom is 0.433 e. The van der Waals surface area contributed by atoms with Crippen molar-refractivity contribution in [2.24, 2.45) is 0 Å². The third kappa shape index (κ3) is 4.96. The van der Waals surface area contributed by atoms with Gasteiger partial charge in [-0.15, -0.1) is 0 Å². The van der Waals surface area contributed by atoms with Gasteiger partial charge in [0.1, 0.15) is 11.5 Å². The van der Waals surface area contributed by atoms with E-state index in [1.165, 1.54) is 6.20 Å². The van der Waals surface area contributed by atoms with Crippen molar-refractivity contribution < 1.29 is 18.0 Å². The van der Waals surface area contributed by atoms with Gasteiger partial charge in [-0.25, -0.2) is 4.98 Å². The van der Waals surface area contributed by atoms with Gasteiger partial charge in [-0.05, 0) is 54.8 Å². The molecule has 0 fully saturated rings. The number of nitrogens with one attached hydrogen (secondary N) is 1. The normalized spacial score (nSPS) is 11.7. The second-order valence-electron chi connectivity index (χ2n) is 7.86. The van der Waals surface area contributed by atoms with E-state index in [-0.39, 0.29) is 18.8 Å². The van der Waals surface area contributed by atoms with Crippen LogP contribution in [0, 0.1) is 13.8 Å². The lowest BCUT2D eigenvalue weighted by molar-refractivity contribution is -0.144. The Morgan fingerprint density at radius 1 is 1.18 bits per heavy atom. The summed E-state index contributed by atoms with van der Waals surface area (Å²) in [5.74, 6) is -0.375. The van der Waals surface area contributed by atoms with Crippen LogP contribution in [-0.4, -0.2) is 25.7 Å². The van der Waals surface area contributed by atoms with E-state index >= 15 is 0 Å². The van der Waals surface area contributed by atoms with Crippen LogP contribution in [-0.2, 0) is 19.3 Å². The van der Waals surface area contributed by atoms with Gasteiger partial charge in [0.2, 0.25) is 0 Å². The lowest BCUT2D eigenvalue weighted by Gasteiger charge is -2.11. The lowest BCUT2D eigenvalue weighted by Crippen LogP contribution is -2.24. The van der Waals surface area contributed by atoms with Crippen molar-refractivity contribution in [2.75, 3.05) is 5.73 Å². The van der Waals surface area contributed by atoms with Crippen LogP contribution in [0.15, 0.2) is 42.6 Å². The topological polar surface area (TPSA) is 98.7 Å². The van der Waals surface area contributed by atoms with Gasteiger partial charge in [0.25, 0.3) is 5.91 Å². The highest BCUT2D eigenvalue weighted by molar-refractivity contribution is 6.31. The molecule has 3 aromatic heterocycles. The number of fused-ring (bicyclic) bond motifs is 1. The van der Waals surface area contributed by atoms with Gasteiger partial charge in [0.05, 0.1) is 17.1 Å². The Hall–Kier alpha value is -3.66. The zero-order valence-corrected chi connectivity index (χ0v) is 19.0. The summed E-state index contributed by atoms with van der Waals surface area (Å²) in [6.07, 6.45) is -3.20. The van der Waals surface area contributed by atoms with Crippen LogP contribution in [0.25, 0.3) is 10.9 Å². The van der Waals surface area contributed by atoms with E-state index < -0.39 is 17.8 Å². The molecule has 0 aliphatic heterocycles. The molecule has 0 unspecified atom stereocenters. The number of benzene rings is 1. The van der Waals surface area contributed by atoms with Crippen LogP contribution in [0.4, 0.5) is 19.0 Å². The van der Waals surface area contributed by atoms with E-state index in [1.807, 2.05) is 6.92 Å². The van der Waals surface area contributed by atoms with Crippen LogP contribution in [0.2, 0.25) is 5.02 Å². The number of anilines is 1. The first-order valence-corrected chi connectivity index (χ1v) is 10.6. The van der Waals surface area contributed by atoms with Crippen molar-refractivity contribution in [1.82, 2.24) is 25.1 Å². The Kier molecular flexibility index (Phi) is 6.18. The molecule has 4 rings (SSSR count). The molecule has 0 aliphatic carbocycles. The van der Waals surface area contributed by atoms with Crippen LogP contribution in [0.3, 0.4) is 0 Å². The Bertz CT molecular complexity index is 1380. The average Bonchev–Trinajstić information content (AvgIpc) is 3.17. The summed E-state index contributed by atoms with van der Waals surface area (Å²) in [7, 11) is 0. The molecule has 34 heavy (non-hydrogen) atoms. The van der Waals surface area contributed by atoms with Crippen LogP contribution >= 0.6 is 11.6 Å². The summed E-state index contributed by atoms with van der Waals surface area (Å²) in [6, 6.07) is 9.12. The molecule has 0 spiro atoms. The average molecular weight is 489 g/mol. The SMILES string of the molecule is Cc1cc(N)nc(C)c1CNC(=O)c1cc(C(F)(F)F)n(Cc2ccc3ncc(Cl)cc3c2)n1. The van der Waals surface area contributed by atoms with Crippen molar-refractivity contribution >= 4 is 34.2 Å². The maximum atomic E-state index is 13.7. The second kappa shape index (κ2) is 8.94. The molecule has 0 saturated heterocycles. The fraction of sp³-hybridized carbons (Fsp3) is 0.217. The van der Waals surface area contributed by atoms with Gasteiger partial charge < -0.3 is 11.1 Å². The van der Waals surface area contributed by atoms with Crippen molar-refractivity contribution in [1.29, 1.82) is 0 Å². The molecule has 1 amide bonds. The molecule has 0 saturated carbocycles. The van der Waals surface area contributed by atoms with Gasteiger partial charge in [0.15, 0.2) is 5.69 Å². The second-order valence-corrected chi connectivity index (χ2v) is 8.30. The fourth-order valence-corrected chi connectivity index (χ4v) is 3.88. The first-order valence-electron chi connectivity index (χ1n) is 10.2. The number of aromatic nitrogens is 4. The van der Waals surface area contributed by atoms with E-state index in [4.69, 9.17) is 17.3 Å². The Labute approximate surface area is 197 Å². The number of nitrogens with zero attached hydrogens (tertiary/aromatic N) is 4. The summed E-state index contributed by atoms with van der Waals surface area (Å²) in [4.78, 5) is 21.0. The molecular weight excluding hydrogens is 469 g/mol. The van der Waals surface area contributed by atoms with E-state index in [0.29, 0.717) is 33.0 Å². The van der Waals surface area contributed by atoms with Crippen LogP contribution in [0.1, 0.15) is 38.6 Å². The zero-order chi connectivity index (χ0) is 24.6. The highest BCUT2D eigenvalue weighted by Crippen LogP contribution is 2.30. The molecule has 0 atom stereocenters. The number of amides is 1. The molecule has 0 aliphatic rings. The Morgan fingerprint density at radius 3 is 2.65 bits per heavy atom. The number of hydrogen-bond donors (Lipinski definition) is 2. The van der Waals surface area contributed by atoms with E-state index in [0.717, 1.165) is 21.9 Å². The van der Waals surface area contributed by atoms with Gasteiger partial charge in [-0.1, -0.05) is 17.7 Å². The number of halogens is 4. The summed E-state index contributed by atoms with van der Waals surface area (Å²) >= 11 is 5.97. The summed E-state index contributed by atoms with van der Waals surface area (Å²) < 4.78 is 41.8. The maximum absolute atomic E-state index is 13.7. The molecule has 176 valence electrons. The molecule has 7 nitrogen and oxygen atoms in total. The number of pyridine rings is 2. The minimum atomic E-state index is -4.69. The minimum absolute atomic E-state index is 0.0798. The largest absolute Gasteiger partial charge is 0.433 e. The van der Waals surface area contributed by atoms with E-state index in [9.17, 15) is 18.0 Å². The smallest absolute Gasteiger partial charge is 0.384 e. The van der Waals surface area contributed by atoms with Crippen molar-refractivity contribution in [3.8, 4) is 0 Å². The number of rotatable bonds is 5. The summed E-state index contributed by atoms with van der Waals surface area (Å²) in [6.45, 7) is 3.45. The molecule has 1 aromatic carbocycles. The van der Waals surface area contributed by atoms with Crippen molar-refractivity contribution in [3.05, 3.63) is 81.4 Å². The van der Waals surface area contributed by atoms with Crippen molar-refractivity contribution in [2.45, 2.75) is 33.1 Å². The molecule has 11 heteroatoms. The molecule has 0 radical (unpaired) electrons. The lowest BCUT2D eigenvalue weighted by atomic mass is 10.1. The third-order valence-corrected chi connectivity index (χ3v) is 5.55. The summed E-state index contributed by atoms with van der Waals surface area (Å²) in [5.41, 5.74) is 7.74. The number of nitrogens with two attached hydrogens (primary N) is 1.